The topological polar surface area (TPSA) is 82.6 Å². The van der Waals surface area contributed by atoms with Gasteiger partial charge in [-0.1, -0.05) is 43.7 Å². The Labute approximate surface area is 256 Å². The van der Waals surface area contributed by atoms with Crippen molar-refractivity contribution in [3.63, 3.8) is 0 Å². The van der Waals surface area contributed by atoms with Crippen LogP contribution in [-0.4, -0.2) is 63.0 Å². The summed E-state index contributed by atoms with van der Waals surface area (Å²) in [6.07, 6.45) is 8.80. The van der Waals surface area contributed by atoms with E-state index in [0.29, 0.717) is 22.6 Å². The third-order valence-corrected chi connectivity index (χ3v) is 12.2. The first-order chi connectivity index (χ1) is 20.7. The largest absolute Gasteiger partial charge is 0.371 e. The van der Waals surface area contributed by atoms with Crippen LogP contribution in [0.3, 0.4) is 0 Å². The van der Waals surface area contributed by atoms with Gasteiger partial charge < -0.3 is 15.1 Å². The van der Waals surface area contributed by atoms with Crippen molar-refractivity contribution in [1.29, 1.82) is 0 Å². The fourth-order valence-corrected chi connectivity index (χ4v) is 9.37. The number of nitrogens with one attached hydrogen (secondary N) is 1. The van der Waals surface area contributed by atoms with Gasteiger partial charge in [0.15, 0.2) is 0 Å². The van der Waals surface area contributed by atoms with E-state index in [1.807, 2.05) is 12.1 Å². The highest BCUT2D eigenvalue weighted by Gasteiger charge is 2.48. The molecule has 2 aromatic carbocycles. The number of carbonyl (C=O) groups excluding carboxylic acids is 1. The predicted molar refractivity (Wildman–Crippen MR) is 170 cm³/mol. The lowest BCUT2D eigenvalue weighted by atomic mass is 9.59. The Kier molecular flexibility index (Phi) is 8.60. The van der Waals surface area contributed by atoms with Gasteiger partial charge in [0.1, 0.15) is 0 Å². The SMILES string of the molecule is CC(=O)N[C@H]1CCC[C@@H]1C(C)(c1ccccc1)C1CCN(CC2CN(c3ccc(S(=O)(=O)c4ccncc4)cc3)C2)CC1. The number of piperidine rings is 1. The lowest BCUT2D eigenvalue weighted by molar-refractivity contribution is -0.120. The molecule has 3 aromatic rings. The highest BCUT2D eigenvalue weighted by molar-refractivity contribution is 7.91. The molecule has 1 unspecified atom stereocenters. The fraction of sp³-hybridized carbons (Fsp3) is 0.486. The van der Waals surface area contributed by atoms with Gasteiger partial charge in [-0.15, -0.1) is 0 Å². The van der Waals surface area contributed by atoms with Crippen molar-refractivity contribution in [3.8, 4) is 0 Å². The summed E-state index contributed by atoms with van der Waals surface area (Å²) in [5.41, 5.74) is 2.54. The molecule has 1 saturated carbocycles. The molecule has 43 heavy (non-hydrogen) atoms. The Morgan fingerprint density at radius 3 is 2.21 bits per heavy atom. The molecule has 1 N–H and O–H groups in total. The summed E-state index contributed by atoms with van der Waals surface area (Å²) < 4.78 is 25.8. The number of nitrogens with zero attached hydrogens (tertiary/aromatic N) is 3. The van der Waals surface area contributed by atoms with Crippen molar-refractivity contribution < 1.29 is 13.2 Å². The maximum absolute atomic E-state index is 12.9. The summed E-state index contributed by atoms with van der Waals surface area (Å²) in [7, 11) is -3.53. The molecule has 1 aromatic heterocycles. The van der Waals surface area contributed by atoms with E-state index in [-0.39, 0.29) is 22.3 Å². The number of carbonyl (C=O) groups is 1. The molecular formula is C35H44N4O3S. The zero-order valence-electron chi connectivity index (χ0n) is 25.4. The van der Waals surface area contributed by atoms with E-state index in [9.17, 15) is 13.2 Å². The molecule has 6 rings (SSSR count). The van der Waals surface area contributed by atoms with Gasteiger partial charge in [0.25, 0.3) is 0 Å². The van der Waals surface area contributed by atoms with Gasteiger partial charge in [0, 0.05) is 62.0 Å². The first-order valence-electron chi connectivity index (χ1n) is 15.8. The standard InChI is InChI=1S/C35H44N4O3S/c1-26(40)37-34-10-6-9-33(34)35(2,28-7-4-3-5-8-28)29-17-21-38(22-18-29)23-27-24-39(25-27)30-11-13-31(14-12-30)43(41,42)32-15-19-36-20-16-32/h3-5,7-8,11-16,19-20,27,29,33-34H,6,9-10,17-18,21-25H2,1-2H3,(H,37,40)/t33-,34-,35?/m0/s1. The number of benzene rings is 2. The van der Waals surface area contributed by atoms with Gasteiger partial charge in [-0.3, -0.25) is 9.78 Å². The van der Waals surface area contributed by atoms with Crippen LogP contribution in [0.1, 0.15) is 51.5 Å². The predicted octanol–water partition coefficient (Wildman–Crippen LogP) is 5.33. The van der Waals surface area contributed by atoms with Crippen LogP contribution in [0.5, 0.6) is 0 Å². The van der Waals surface area contributed by atoms with E-state index in [4.69, 9.17) is 0 Å². The van der Waals surface area contributed by atoms with E-state index in [2.05, 4.69) is 57.4 Å². The van der Waals surface area contributed by atoms with Crippen molar-refractivity contribution in [1.82, 2.24) is 15.2 Å². The molecule has 1 amide bonds. The van der Waals surface area contributed by atoms with Crippen LogP contribution in [-0.2, 0) is 20.0 Å². The molecule has 0 radical (unpaired) electrons. The number of aromatic nitrogens is 1. The van der Waals surface area contributed by atoms with Crippen LogP contribution >= 0.6 is 0 Å². The molecule has 0 bridgehead atoms. The molecular weight excluding hydrogens is 556 g/mol. The second-order valence-electron chi connectivity index (χ2n) is 13.0. The summed E-state index contributed by atoms with van der Waals surface area (Å²) in [6, 6.07) is 21.7. The minimum Gasteiger partial charge on any atom is -0.371 e. The van der Waals surface area contributed by atoms with Crippen LogP contribution in [0.2, 0.25) is 0 Å². The van der Waals surface area contributed by atoms with E-state index in [0.717, 1.165) is 44.8 Å². The first kappa shape index (κ1) is 29.8. The number of rotatable bonds is 9. The third-order valence-electron chi connectivity index (χ3n) is 10.5. The molecule has 1 aliphatic carbocycles. The average Bonchev–Trinajstić information content (AvgIpc) is 3.47. The third kappa shape index (κ3) is 6.09. The van der Waals surface area contributed by atoms with E-state index >= 15 is 0 Å². The van der Waals surface area contributed by atoms with Gasteiger partial charge >= 0.3 is 0 Å². The molecule has 7 nitrogen and oxygen atoms in total. The number of anilines is 1. The zero-order chi connectivity index (χ0) is 30.0. The van der Waals surface area contributed by atoms with Gasteiger partial charge in [0.05, 0.1) is 9.79 Å². The Bertz CT molecular complexity index is 1490. The minimum atomic E-state index is -3.53. The summed E-state index contributed by atoms with van der Waals surface area (Å²) >= 11 is 0. The van der Waals surface area contributed by atoms with E-state index < -0.39 is 9.84 Å². The Morgan fingerprint density at radius 1 is 0.907 bits per heavy atom. The highest BCUT2D eigenvalue weighted by Crippen LogP contribution is 2.50. The van der Waals surface area contributed by atoms with E-state index in [1.54, 1.807) is 19.1 Å². The van der Waals surface area contributed by atoms with Crippen LogP contribution in [0.25, 0.3) is 0 Å². The lowest BCUT2D eigenvalue weighted by Crippen LogP contribution is -2.54. The molecule has 3 fully saturated rings. The number of likely N-dealkylation sites (tertiary alicyclic amines) is 1. The second kappa shape index (κ2) is 12.4. The number of hydrogen-bond acceptors (Lipinski definition) is 6. The Hall–Kier alpha value is -3.23. The molecule has 2 aliphatic heterocycles. The number of pyridine rings is 1. The van der Waals surface area contributed by atoms with Gasteiger partial charge in [-0.25, -0.2) is 8.42 Å². The Morgan fingerprint density at radius 2 is 1.56 bits per heavy atom. The lowest BCUT2D eigenvalue weighted by Gasteiger charge is -2.50. The second-order valence-corrected chi connectivity index (χ2v) is 15.0. The summed E-state index contributed by atoms with van der Waals surface area (Å²) in [5, 5.41) is 3.31. The van der Waals surface area contributed by atoms with Crippen LogP contribution in [0.4, 0.5) is 5.69 Å². The number of amides is 1. The minimum absolute atomic E-state index is 0.0429. The Balaban J connectivity index is 1.04. The number of sulfone groups is 1. The van der Waals surface area contributed by atoms with Gasteiger partial charge in [-0.2, -0.15) is 0 Å². The van der Waals surface area contributed by atoms with Crippen LogP contribution < -0.4 is 10.2 Å². The smallest absolute Gasteiger partial charge is 0.217 e. The molecule has 228 valence electrons. The van der Waals surface area contributed by atoms with Crippen LogP contribution in [0, 0.1) is 17.8 Å². The molecule has 0 spiro atoms. The zero-order valence-corrected chi connectivity index (χ0v) is 26.2. The normalized spacial score (nSPS) is 23.4. The summed E-state index contributed by atoms with van der Waals surface area (Å²) in [5.74, 6) is 1.76. The van der Waals surface area contributed by atoms with Gasteiger partial charge in [0.2, 0.25) is 15.7 Å². The molecule has 3 atom stereocenters. The maximum Gasteiger partial charge on any atom is 0.217 e. The highest BCUT2D eigenvalue weighted by atomic mass is 32.2. The van der Waals surface area contributed by atoms with Crippen LogP contribution in [0.15, 0.2) is 88.9 Å². The monoisotopic (exact) mass is 600 g/mol. The molecule has 8 heteroatoms. The van der Waals surface area contributed by atoms with Crippen molar-refractivity contribution in [2.45, 2.75) is 67.2 Å². The fourth-order valence-electron chi connectivity index (χ4n) is 8.13. The van der Waals surface area contributed by atoms with Crippen molar-refractivity contribution in [2.75, 3.05) is 37.6 Å². The maximum atomic E-state index is 12.9. The summed E-state index contributed by atoms with van der Waals surface area (Å²) in [6.45, 7) is 9.46. The van der Waals surface area contributed by atoms with E-state index in [1.165, 1.54) is 55.8 Å². The average molecular weight is 601 g/mol. The van der Waals surface area contributed by atoms with Crippen molar-refractivity contribution >= 4 is 21.4 Å². The summed E-state index contributed by atoms with van der Waals surface area (Å²) in [4.78, 5) is 21.5. The van der Waals surface area contributed by atoms with Crippen molar-refractivity contribution in [3.05, 3.63) is 84.7 Å². The van der Waals surface area contributed by atoms with Crippen molar-refractivity contribution in [2.24, 2.45) is 17.8 Å². The molecule has 3 heterocycles. The molecule has 3 aliphatic rings. The quantitative estimate of drug-likeness (QED) is 0.358. The first-order valence-corrected chi connectivity index (χ1v) is 17.3. The molecule has 2 saturated heterocycles. The number of hydrogen-bond donors (Lipinski definition) is 1. The van der Waals surface area contributed by atoms with Gasteiger partial charge in [-0.05, 0) is 92.6 Å².